The maximum Gasteiger partial charge on any atom is 0.335 e. The maximum atomic E-state index is 12.3. The van der Waals surface area contributed by atoms with Crippen LogP contribution in [0.5, 0.6) is 0 Å². The molecule has 2 rings (SSSR count). The lowest BCUT2D eigenvalue weighted by atomic mass is 10.2. The molecule has 1 heterocycles. The Morgan fingerprint density at radius 3 is 2.41 bits per heavy atom. The third-order valence-electron chi connectivity index (χ3n) is 2.81. The maximum absolute atomic E-state index is 12.3. The van der Waals surface area contributed by atoms with Gasteiger partial charge in [-0.15, -0.1) is 5.10 Å². The summed E-state index contributed by atoms with van der Waals surface area (Å²) in [6, 6.07) is 5.07. The van der Waals surface area contributed by atoms with Crippen LogP contribution in [0.3, 0.4) is 0 Å². The van der Waals surface area contributed by atoms with Crippen molar-refractivity contribution in [3.8, 4) is 0 Å². The number of rotatable bonds is 5. The Balaban J connectivity index is 2.20. The Hall–Kier alpha value is -1.78. The fraction of sp³-hybridized carbons (Fsp3) is 0.333. The summed E-state index contributed by atoms with van der Waals surface area (Å²) in [7, 11) is -7.38. The molecule has 0 amide bonds. The number of nitrogens with one attached hydrogen (secondary N) is 1. The Kier molecular flexibility index (Phi) is 4.36. The molecule has 0 fully saturated rings. The van der Waals surface area contributed by atoms with Crippen molar-refractivity contribution >= 4 is 19.9 Å². The summed E-state index contributed by atoms with van der Waals surface area (Å²) in [5.41, 5.74) is 1.41. The van der Waals surface area contributed by atoms with E-state index in [9.17, 15) is 16.8 Å². The Labute approximate surface area is 128 Å². The Morgan fingerprint density at radius 2 is 1.82 bits per heavy atom. The van der Waals surface area contributed by atoms with E-state index in [4.69, 9.17) is 4.42 Å². The fourth-order valence-corrected chi connectivity index (χ4v) is 3.43. The van der Waals surface area contributed by atoms with Crippen LogP contribution in [-0.4, -0.2) is 33.3 Å². The van der Waals surface area contributed by atoms with Crippen molar-refractivity contribution in [2.45, 2.75) is 30.5 Å². The van der Waals surface area contributed by atoms with E-state index in [1.807, 2.05) is 6.07 Å². The molecule has 0 saturated carbocycles. The van der Waals surface area contributed by atoms with Gasteiger partial charge in [0.15, 0.2) is 0 Å². The van der Waals surface area contributed by atoms with E-state index in [1.54, 1.807) is 26.0 Å². The predicted molar refractivity (Wildman–Crippen MR) is 77.3 cm³/mol. The van der Waals surface area contributed by atoms with Crippen LogP contribution in [0.25, 0.3) is 0 Å². The third-order valence-corrected chi connectivity index (χ3v) is 5.15. The van der Waals surface area contributed by atoms with E-state index in [0.717, 1.165) is 11.8 Å². The van der Waals surface area contributed by atoms with E-state index in [-0.39, 0.29) is 17.3 Å². The van der Waals surface area contributed by atoms with Gasteiger partial charge in [-0.2, -0.15) is 0 Å². The standard InChI is InChI=1S/C12H15N3O5S2/c1-8-4-5-9(2)10(6-8)22(18,19)13-7-11-14-15-12(20-11)21(3,16)17/h4-6,13H,7H2,1-3H3. The van der Waals surface area contributed by atoms with Gasteiger partial charge in [-0.25, -0.2) is 21.6 Å². The molecule has 1 aromatic heterocycles. The highest BCUT2D eigenvalue weighted by molar-refractivity contribution is 7.90. The Morgan fingerprint density at radius 1 is 1.14 bits per heavy atom. The van der Waals surface area contributed by atoms with Gasteiger partial charge in [0.1, 0.15) is 0 Å². The molecule has 1 N–H and O–H groups in total. The summed E-state index contributed by atoms with van der Waals surface area (Å²) in [6.07, 6.45) is 0.921. The van der Waals surface area contributed by atoms with E-state index in [0.29, 0.717) is 5.56 Å². The lowest BCUT2D eigenvalue weighted by molar-refractivity contribution is 0.394. The fourth-order valence-electron chi connectivity index (χ4n) is 1.69. The van der Waals surface area contributed by atoms with Crippen LogP contribution in [0, 0.1) is 13.8 Å². The van der Waals surface area contributed by atoms with Crippen LogP contribution < -0.4 is 4.72 Å². The summed E-state index contributed by atoms with van der Waals surface area (Å²) in [5, 5.41) is 6.30. The molecule has 0 saturated heterocycles. The minimum Gasteiger partial charge on any atom is -0.411 e. The molecule has 0 spiro atoms. The minimum atomic E-state index is -3.77. The highest BCUT2D eigenvalue weighted by Crippen LogP contribution is 2.17. The number of benzene rings is 1. The molecule has 120 valence electrons. The molecule has 8 nitrogen and oxygen atoms in total. The number of aromatic nitrogens is 2. The quantitative estimate of drug-likeness (QED) is 0.841. The van der Waals surface area contributed by atoms with Gasteiger partial charge in [0.2, 0.25) is 25.8 Å². The molecule has 1 aromatic carbocycles. The van der Waals surface area contributed by atoms with Gasteiger partial charge < -0.3 is 4.42 Å². The van der Waals surface area contributed by atoms with Crippen molar-refractivity contribution in [2.24, 2.45) is 0 Å². The van der Waals surface area contributed by atoms with E-state index in [2.05, 4.69) is 14.9 Å². The monoisotopic (exact) mass is 345 g/mol. The minimum absolute atomic E-state index is 0.130. The lowest BCUT2D eigenvalue weighted by Crippen LogP contribution is -2.24. The molecule has 0 aliphatic rings. The average Bonchev–Trinajstić information content (AvgIpc) is 2.88. The summed E-state index contributed by atoms with van der Waals surface area (Å²) in [5.74, 6) is -0.130. The molecule has 0 atom stereocenters. The lowest BCUT2D eigenvalue weighted by Gasteiger charge is -2.08. The van der Waals surface area contributed by atoms with Gasteiger partial charge in [-0.1, -0.05) is 17.2 Å². The van der Waals surface area contributed by atoms with Gasteiger partial charge in [-0.05, 0) is 31.0 Å². The van der Waals surface area contributed by atoms with Crippen molar-refractivity contribution in [1.29, 1.82) is 0 Å². The average molecular weight is 345 g/mol. The van der Waals surface area contributed by atoms with Crippen LogP contribution in [0.2, 0.25) is 0 Å². The van der Waals surface area contributed by atoms with Crippen molar-refractivity contribution < 1.29 is 21.3 Å². The van der Waals surface area contributed by atoms with Gasteiger partial charge in [-0.3, -0.25) is 0 Å². The number of aryl methyl sites for hydroxylation is 2. The van der Waals surface area contributed by atoms with Crippen molar-refractivity contribution in [2.75, 3.05) is 6.26 Å². The normalized spacial score (nSPS) is 12.5. The number of nitrogens with zero attached hydrogens (tertiary/aromatic N) is 2. The first kappa shape index (κ1) is 16.6. The molecule has 0 radical (unpaired) electrons. The molecule has 22 heavy (non-hydrogen) atoms. The van der Waals surface area contributed by atoms with Crippen molar-refractivity contribution in [3.63, 3.8) is 0 Å². The zero-order valence-electron chi connectivity index (χ0n) is 12.2. The molecule has 10 heteroatoms. The van der Waals surface area contributed by atoms with E-state index < -0.39 is 25.1 Å². The zero-order chi connectivity index (χ0) is 16.5. The number of hydrogen-bond acceptors (Lipinski definition) is 7. The highest BCUT2D eigenvalue weighted by atomic mass is 32.2. The highest BCUT2D eigenvalue weighted by Gasteiger charge is 2.20. The molecule has 0 bridgehead atoms. The van der Waals surface area contributed by atoms with E-state index in [1.165, 1.54) is 0 Å². The summed E-state index contributed by atoms with van der Waals surface area (Å²) < 4.78 is 54.2. The van der Waals surface area contributed by atoms with Gasteiger partial charge in [0.25, 0.3) is 0 Å². The van der Waals surface area contributed by atoms with Crippen molar-refractivity contribution in [3.05, 3.63) is 35.2 Å². The van der Waals surface area contributed by atoms with Crippen LogP contribution in [0.1, 0.15) is 17.0 Å². The second-order valence-corrected chi connectivity index (χ2v) is 8.46. The second-order valence-electron chi connectivity index (χ2n) is 4.83. The largest absolute Gasteiger partial charge is 0.411 e. The smallest absolute Gasteiger partial charge is 0.335 e. The first-order valence-corrected chi connectivity index (χ1v) is 9.56. The summed E-state index contributed by atoms with van der Waals surface area (Å²) >= 11 is 0. The van der Waals surface area contributed by atoms with E-state index >= 15 is 0 Å². The second kappa shape index (κ2) is 5.78. The zero-order valence-corrected chi connectivity index (χ0v) is 13.8. The van der Waals surface area contributed by atoms with Crippen LogP contribution in [0.15, 0.2) is 32.7 Å². The topological polar surface area (TPSA) is 119 Å². The SMILES string of the molecule is Cc1ccc(C)c(S(=O)(=O)NCc2nnc(S(C)(=O)=O)o2)c1. The predicted octanol–water partition coefficient (Wildman–Crippen LogP) is 0.568. The van der Waals surface area contributed by atoms with Gasteiger partial charge >= 0.3 is 5.22 Å². The van der Waals surface area contributed by atoms with Gasteiger partial charge in [0.05, 0.1) is 11.4 Å². The molecule has 0 aliphatic heterocycles. The van der Waals surface area contributed by atoms with Gasteiger partial charge in [0, 0.05) is 6.26 Å². The number of sulfonamides is 1. The molecule has 0 aliphatic carbocycles. The Bertz CT molecular complexity index is 901. The summed E-state index contributed by atoms with van der Waals surface area (Å²) in [4.78, 5) is 0.148. The van der Waals surface area contributed by atoms with Crippen LogP contribution in [0.4, 0.5) is 0 Å². The molecule has 0 unspecified atom stereocenters. The molecular weight excluding hydrogens is 330 g/mol. The molecular formula is C12H15N3O5S2. The first-order valence-electron chi connectivity index (χ1n) is 6.19. The first-order chi connectivity index (χ1) is 10.1. The molecule has 2 aromatic rings. The van der Waals surface area contributed by atoms with Crippen molar-refractivity contribution in [1.82, 2.24) is 14.9 Å². The van der Waals surface area contributed by atoms with Crippen LogP contribution in [-0.2, 0) is 26.4 Å². The van der Waals surface area contributed by atoms with Crippen LogP contribution >= 0.6 is 0 Å². The third kappa shape index (κ3) is 3.70. The number of hydrogen-bond donors (Lipinski definition) is 1. The number of sulfone groups is 1. The summed E-state index contributed by atoms with van der Waals surface area (Å²) in [6.45, 7) is 3.18.